The Bertz CT molecular complexity index is 443. The molecule has 0 spiro atoms. The minimum absolute atomic E-state index is 0.274. The van der Waals surface area contributed by atoms with E-state index in [1.165, 1.54) is 32.1 Å². The van der Waals surface area contributed by atoms with Crippen molar-refractivity contribution in [1.29, 1.82) is 0 Å². The normalized spacial score (nSPS) is 48.6. The van der Waals surface area contributed by atoms with Crippen LogP contribution in [0.5, 0.6) is 0 Å². The van der Waals surface area contributed by atoms with E-state index in [2.05, 4.69) is 20.8 Å². The molecule has 3 aliphatic carbocycles. The van der Waals surface area contributed by atoms with Crippen molar-refractivity contribution in [3.05, 3.63) is 0 Å². The molecule has 1 N–H and O–H groups in total. The van der Waals surface area contributed by atoms with Gasteiger partial charge in [-0.3, -0.25) is 4.79 Å². The van der Waals surface area contributed by atoms with Crippen LogP contribution in [0, 0.1) is 40.4 Å². The standard InChI is InChI=1S/C20H34O2/c1-13(2)14-6-8-16-15(12-14)7-9-17-19(16,3)10-5-11-20(17,4)18(21)22/h13-17H,5-12H2,1-4H3,(H,21,22)/t14?,15?,16?,17-,19?,20?/m1/s1. The van der Waals surface area contributed by atoms with Gasteiger partial charge in [0.25, 0.3) is 0 Å². The van der Waals surface area contributed by atoms with Crippen LogP contribution in [-0.2, 0) is 4.79 Å². The second-order valence-electron chi connectivity index (χ2n) is 9.40. The smallest absolute Gasteiger partial charge is 0.309 e. The first-order chi connectivity index (χ1) is 10.3. The van der Waals surface area contributed by atoms with Gasteiger partial charge in [-0.15, -0.1) is 0 Å². The number of rotatable bonds is 2. The lowest BCUT2D eigenvalue weighted by molar-refractivity contribution is -0.173. The Morgan fingerprint density at radius 1 is 1.09 bits per heavy atom. The molecule has 3 saturated carbocycles. The number of hydrogen-bond acceptors (Lipinski definition) is 1. The molecule has 2 heteroatoms. The minimum atomic E-state index is -0.544. The van der Waals surface area contributed by atoms with Gasteiger partial charge in [0.15, 0.2) is 0 Å². The minimum Gasteiger partial charge on any atom is -0.481 e. The van der Waals surface area contributed by atoms with Crippen molar-refractivity contribution < 1.29 is 9.90 Å². The fraction of sp³-hybridized carbons (Fsp3) is 0.950. The maximum absolute atomic E-state index is 12.0. The fourth-order valence-corrected chi connectivity index (χ4v) is 6.73. The van der Waals surface area contributed by atoms with Crippen LogP contribution in [0.2, 0.25) is 0 Å². The second-order valence-corrected chi connectivity index (χ2v) is 9.40. The summed E-state index contributed by atoms with van der Waals surface area (Å²) in [7, 11) is 0. The zero-order chi connectivity index (χ0) is 16.1. The van der Waals surface area contributed by atoms with E-state index < -0.39 is 11.4 Å². The lowest BCUT2D eigenvalue weighted by Crippen LogP contribution is -2.56. The Morgan fingerprint density at radius 3 is 2.45 bits per heavy atom. The third-order valence-corrected chi connectivity index (χ3v) is 8.10. The molecular formula is C20H34O2. The summed E-state index contributed by atoms with van der Waals surface area (Å²) < 4.78 is 0. The van der Waals surface area contributed by atoms with Gasteiger partial charge in [0.2, 0.25) is 0 Å². The maximum Gasteiger partial charge on any atom is 0.309 e. The van der Waals surface area contributed by atoms with Crippen molar-refractivity contribution in [2.75, 3.05) is 0 Å². The number of aliphatic carboxylic acids is 1. The summed E-state index contributed by atoms with van der Waals surface area (Å²) in [5, 5.41) is 9.86. The van der Waals surface area contributed by atoms with Crippen LogP contribution >= 0.6 is 0 Å². The highest BCUT2D eigenvalue weighted by Crippen LogP contribution is 2.64. The van der Waals surface area contributed by atoms with Gasteiger partial charge in [0, 0.05) is 0 Å². The third-order valence-electron chi connectivity index (χ3n) is 8.10. The topological polar surface area (TPSA) is 37.3 Å². The van der Waals surface area contributed by atoms with Crippen LogP contribution in [-0.4, -0.2) is 11.1 Å². The summed E-state index contributed by atoms with van der Waals surface area (Å²) in [6.45, 7) is 9.24. The Hall–Kier alpha value is -0.530. The maximum atomic E-state index is 12.0. The molecule has 126 valence electrons. The van der Waals surface area contributed by atoms with Gasteiger partial charge in [0.05, 0.1) is 5.41 Å². The second kappa shape index (κ2) is 5.53. The zero-order valence-corrected chi connectivity index (χ0v) is 14.9. The van der Waals surface area contributed by atoms with E-state index >= 15 is 0 Å². The number of hydrogen-bond donors (Lipinski definition) is 1. The molecule has 22 heavy (non-hydrogen) atoms. The lowest BCUT2D eigenvalue weighted by atomic mass is 9.43. The molecule has 0 saturated heterocycles. The van der Waals surface area contributed by atoms with Crippen LogP contribution in [0.25, 0.3) is 0 Å². The highest BCUT2D eigenvalue weighted by atomic mass is 16.4. The Balaban J connectivity index is 1.86. The Kier molecular flexibility index (Phi) is 4.10. The number of carbonyl (C=O) groups is 1. The lowest BCUT2D eigenvalue weighted by Gasteiger charge is -2.60. The predicted octanol–water partition coefficient (Wildman–Crippen LogP) is 5.37. The van der Waals surface area contributed by atoms with Crippen molar-refractivity contribution in [3.63, 3.8) is 0 Å². The summed E-state index contributed by atoms with van der Waals surface area (Å²) in [5.41, 5.74) is -0.205. The largest absolute Gasteiger partial charge is 0.481 e. The average Bonchev–Trinajstić information content (AvgIpc) is 2.46. The molecule has 3 rings (SSSR count). The van der Waals surface area contributed by atoms with Crippen molar-refractivity contribution in [2.24, 2.45) is 40.4 Å². The Morgan fingerprint density at radius 2 is 1.82 bits per heavy atom. The van der Waals surface area contributed by atoms with Gasteiger partial charge in [-0.25, -0.2) is 0 Å². The van der Waals surface area contributed by atoms with Crippen molar-refractivity contribution >= 4 is 5.97 Å². The first kappa shape index (κ1) is 16.3. The fourth-order valence-electron chi connectivity index (χ4n) is 6.73. The van der Waals surface area contributed by atoms with E-state index in [9.17, 15) is 9.90 Å². The van der Waals surface area contributed by atoms with Gasteiger partial charge in [-0.1, -0.05) is 27.2 Å². The molecule has 0 aromatic rings. The predicted molar refractivity (Wildman–Crippen MR) is 89.6 cm³/mol. The molecule has 0 radical (unpaired) electrons. The molecule has 0 bridgehead atoms. The molecule has 0 heterocycles. The molecule has 0 aromatic heterocycles. The average molecular weight is 306 g/mol. The van der Waals surface area contributed by atoms with Crippen molar-refractivity contribution in [3.8, 4) is 0 Å². The molecule has 0 aliphatic heterocycles. The SMILES string of the molecule is CC(C)C1CCC2C(CC[C@H]3C(C)(C(=O)O)CCCC23C)C1. The quantitative estimate of drug-likeness (QED) is 0.745. The van der Waals surface area contributed by atoms with Crippen LogP contribution in [0.4, 0.5) is 0 Å². The molecule has 0 amide bonds. The molecule has 6 atom stereocenters. The molecule has 3 fully saturated rings. The van der Waals surface area contributed by atoms with E-state index in [1.54, 1.807) is 0 Å². The molecular weight excluding hydrogens is 272 g/mol. The van der Waals surface area contributed by atoms with Crippen LogP contribution in [0.3, 0.4) is 0 Å². The first-order valence-electron chi connectivity index (χ1n) is 9.52. The monoisotopic (exact) mass is 306 g/mol. The molecule has 5 unspecified atom stereocenters. The van der Waals surface area contributed by atoms with Crippen LogP contribution < -0.4 is 0 Å². The highest BCUT2D eigenvalue weighted by molar-refractivity contribution is 5.75. The van der Waals surface area contributed by atoms with Gasteiger partial charge in [-0.2, -0.15) is 0 Å². The van der Waals surface area contributed by atoms with E-state index in [4.69, 9.17) is 0 Å². The van der Waals surface area contributed by atoms with Gasteiger partial charge in [0.1, 0.15) is 0 Å². The van der Waals surface area contributed by atoms with E-state index in [1.807, 2.05) is 6.92 Å². The number of carboxylic acid groups (broad SMARTS) is 1. The Labute approximate surface area is 136 Å². The summed E-state index contributed by atoms with van der Waals surface area (Å²) in [4.78, 5) is 12.0. The van der Waals surface area contributed by atoms with Crippen LogP contribution in [0.15, 0.2) is 0 Å². The summed E-state index contributed by atoms with van der Waals surface area (Å²) in [5.74, 6) is 3.19. The van der Waals surface area contributed by atoms with Crippen LogP contribution in [0.1, 0.15) is 79.1 Å². The molecule has 3 aliphatic rings. The van der Waals surface area contributed by atoms with E-state index in [0.29, 0.717) is 5.92 Å². The summed E-state index contributed by atoms with van der Waals surface area (Å²) in [6.07, 6.45) is 9.77. The zero-order valence-electron chi connectivity index (χ0n) is 14.9. The van der Waals surface area contributed by atoms with E-state index in [0.717, 1.165) is 42.9 Å². The van der Waals surface area contributed by atoms with Crippen molar-refractivity contribution in [1.82, 2.24) is 0 Å². The number of fused-ring (bicyclic) bond motifs is 3. The van der Waals surface area contributed by atoms with Gasteiger partial charge < -0.3 is 5.11 Å². The van der Waals surface area contributed by atoms with Gasteiger partial charge >= 0.3 is 5.97 Å². The molecule has 2 nitrogen and oxygen atoms in total. The third kappa shape index (κ3) is 2.32. The highest BCUT2D eigenvalue weighted by Gasteiger charge is 2.59. The first-order valence-corrected chi connectivity index (χ1v) is 9.52. The van der Waals surface area contributed by atoms with E-state index in [-0.39, 0.29) is 5.41 Å². The van der Waals surface area contributed by atoms with Gasteiger partial charge in [-0.05, 0) is 86.9 Å². The van der Waals surface area contributed by atoms with Crippen molar-refractivity contribution in [2.45, 2.75) is 79.1 Å². The summed E-state index contributed by atoms with van der Waals surface area (Å²) in [6, 6.07) is 0. The molecule has 0 aromatic carbocycles. The number of carboxylic acids is 1. The summed E-state index contributed by atoms with van der Waals surface area (Å²) >= 11 is 0.